The Hall–Kier alpha value is -3.51. The monoisotopic (exact) mass is 487 g/mol. The number of aromatic nitrogens is 1. The lowest BCUT2D eigenvalue weighted by atomic mass is 9.97. The number of hydrogen-bond acceptors (Lipinski definition) is 6. The van der Waals surface area contributed by atoms with Crippen molar-refractivity contribution in [2.24, 2.45) is 0 Å². The second kappa shape index (κ2) is 10.8. The van der Waals surface area contributed by atoms with Crippen LogP contribution in [-0.4, -0.2) is 10.1 Å². The number of aromatic hydroxyl groups is 1. The lowest BCUT2D eigenvalue weighted by molar-refractivity contribution is 0.306. The number of ether oxygens (including phenoxy) is 1. The van der Waals surface area contributed by atoms with E-state index in [0.717, 1.165) is 16.0 Å². The molecule has 0 spiro atoms. The summed E-state index contributed by atoms with van der Waals surface area (Å²) in [7, 11) is 0. The number of benzene rings is 2. The smallest absolute Gasteiger partial charge is 0.354 e. The van der Waals surface area contributed by atoms with Crippen molar-refractivity contribution in [1.29, 1.82) is 0 Å². The molecule has 0 atom stereocenters. The first kappa shape index (κ1) is 24.6. The van der Waals surface area contributed by atoms with Gasteiger partial charge in [0.05, 0.1) is 0 Å². The van der Waals surface area contributed by atoms with Gasteiger partial charge in [-0.15, -0.1) is 0 Å². The Kier molecular flexibility index (Phi) is 7.61. The maximum absolute atomic E-state index is 12.9. The Balaban J connectivity index is 1.56. The fourth-order valence-electron chi connectivity index (χ4n) is 3.66. The summed E-state index contributed by atoms with van der Waals surface area (Å²) in [5.74, 6) is 1.53. The van der Waals surface area contributed by atoms with E-state index >= 15 is 0 Å². The Morgan fingerprint density at radius 2 is 1.77 bits per heavy atom. The molecule has 180 valence electrons. The van der Waals surface area contributed by atoms with Crippen LogP contribution in [0, 0.1) is 0 Å². The van der Waals surface area contributed by atoms with Gasteiger partial charge in [-0.2, -0.15) is 0 Å². The molecule has 4 rings (SSSR count). The van der Waals surface area contributed by atoms with E-state index in [1.807, 2.05) is 12.1 Å². The van der Waals surface area contributed by atoms with Crippen molar-refractivity contribution < 1.29 is 14.3 Å². The number of rotatable bonds is 8. The van der Waals surface area contributed by atoms with E-state index in [1.165, 1.54) is 23.4 Å². The minimum Gasteiger partial charge on any atom is -0.506 e. The van der Waals surface area contributed by atoms with Crippen LogP contribution < -0.4 is 10.4 Å². The van der Waals surface area contributed by atoms with Crippen LogP contribution in [-0.2, 0) is 6.61 Å². The lowest BCUT2D eigenvalue weighted by Crippen LogP contribution is -2.04. The molecule has 0 unspecified atom stereocenters. The molecule has 6 heteroatoms. The molecule has 0 aliphatic rings. The highest BCUT2D eigenvalue weighted by atomic mass is 32.2. The molecule has 0 saturated heterocycles. The van der Waals surface area contributed by atoms with Crippen LogP contribution in [0.5, 0.6) is 11.5 Å². The van der Waals surface area contributed by atoms with Gasteiger partial charge in [0.15, 0.2) is 0 Å². The molecule has 0 amide bonds. The molecule has 0 aliphatic heterocycles. The van der Waals surface area contributed by atoms with Crippen molar-refractivity contribution in [2.45, 2.75) is 55.9 Å². The largest absolute Gasteiger partial charge is 0.506 e. The third kappa shape index (κ3) is 5.95. The topological polar surface area (TPSA) is 72.6 Å². The molecular formula is C29H29NO4S. The van der Waals surface area contributed by atoms with E-state index in [9.17, 15) is 9.90 Å². The predicted molar refractivity (Wildman–Crippen MR) is 139 cm³/mol. The van der Waals surface area contributed by atoms with E-state index in [4.69, 9.17) is 9.15 Å². The SMILES string of the molecule is CC(C)c1ccc(C(C)C)c(Sc2c(O)cc(-c3ccc(OCc4cccnc4)cc3)oc2=O)c1. The summed E-state index contributed by atoms with van der Waals surface area (Å²) >= 11 is 1.26. The van der Waals surface area contributed by atoms with Gasteiger partial charge in [-0.05, 0) is 59.4 Å². The van der Waals surface area contributed by atoms with Crippen LogP contribution in [0.15, 0.2) is 92.1 Å². The van der Waals surface area contributed by atoms with Gasteiger partial charge in [-0.3, -0.25) is 4.98 Å². The third-order valence-electron chi connectivity index (χ3n) is 5.69. The second-order valence-corrected chi connectivity index (χ2v) is 10.0. The van der Waals surface area contributed by atoms with Crippen molar-refractivity contribution >= 4 is 11.8 Å². The van der Waals surface area contributed by atoms with Crippen LogP contribution in [0.4, 0.5) is 0 Å². The predicted octanol–water partition coefficient (Wildman–Crippen LogP) is 7.38. The van der Waals surface area contributed by atoms with Crippen LogP contribution in [0.1, 0.15) is 56.2 Å². The minimum atomic E-state index is -0.563. The van der Waals surface area contributed by atoms with E-state index in [0.29, 0.717) is 29.6 Å². The molecule has 0 radical (unpaired) electrons. The summed E-state index contributed by atoms with van der Waals surface area (Å²) in [4.78, 5) is 18.1. The molecule has 0 bridgehead atoms. The highest BCUT2D eigenvalue weighted by molar-refractivity contribution is 7.99. The van der Waals surface area contributed by atoms with Gasteiger partial charge in [0.1, 0.15) is 28.8 Å². The first-order valence-electron chi connectivity index (χ1n) is 11.6. The summed E-state index contributed by atoms with van der Waals surface area (Å²) in [5, 5.41) is 10.8. The van der Waals surface area contributed by atoms with Gasteiger partial charge in [0.25, 0.3) is 0 Å². The fourth-order valence-corrected chi connectivity index (χ4v) is 4.78. The van der Waals surface area contributed by atoms with Gasteiger partial charge >= 0.3 is 5.63 Å². The van der Waals surface area contributed by atoms with Gasteiger partial charge < -0.3 is 14.3 Å². The first-order chi connectivity index (χ1) is 16.8. The van der Waals surface area contributed by atoms with Crippen LogP contribution >= 0.6 is 11.8 Å². The zero-order valence-corrected chi connectivity index (χ0v) is 21.1. The summed E-state index contributed by atoms with van der Waals surface area (Å²) < 4.78 is 11.4. The van der Waals surface area contributed by atoms with E-state index < -0.39 is 5.63 Å². The molecule has 2 heterocycles. The quantitative estimate of drug-likeness (QED) is 0.279. The molecule has 2 aromatic heterocycles. The molecule has 2 aromatic carbocycles. The van der Waals surface area contributed by atoms with Crippen molar-refractivity contribution in [2.75, 3.05) is 0 Å². The zero-order valence-electron chi connectivity index (χ0n) is 20.3. The van der Waals surface area contributed by atoms with Gasteiger partial charge in [-0.1, -0.05) is 57.7 Å². The number of nitrogens with zero attached hydrogens (tertiary/aromatic N) is 1. The van der Waals surface area contributed by atoms with Gasteiger partial charge in [0, 0.05) is 34.5 Å². The van der Waals surface area contributed by atoms with Crippen LogP contribution in [0.2, 0.25) is 0 Å². The maximum Gasteiger partial charge on any atom is 0.354 e. The van der Waals surface area contributed by atoms with Gasteiger partial charge in [-0.25, -0.2) is 4.79 Å². The Bertz CT molecular complexity index is 1350. The number of hydrogen-bond donors (Lipinski definition) is 1. The molecule has 4 aromatic rings. The molecule has 0 fully saturated rings. The highest BCUT2D eigenvalue weighted by Crippen LogP contribution is 2.39. The fraction of sp³-hybridized carbons (Fsp3) is 0.241. The van der Waals surface area contributed by atoms with E-state index in [2.05, 4.69) is 50.9 Å². The summed E-state index contributed by atoms with van der Waals surface area (Å²) in [6.45, 7) is 8.91. The van der Waals surface area contributed by atoms with Crippen LogP contribution in [0.25, 0.3) is 11.3 Å². The molecular weight excluding hydrogens is 458 g/mol. The Morgan fingerprint density at radius 1 is 1.00 bits per heavy atom. The number of pyridine rings is 1. The molecule has 35 heavy (non-hydrogen) atoms. The first-order valence-corrected chi connectivity index (χ1v) is 12.4. The standard InChI is InChI=1S/C29H29NO4S/c1-18(2)22-9-12-24(19(3)4)27(14-22)35-28-25(31)15-26(34-29(28)32)21-7-10-23(11-8-21)33-17-20-6-5-13-30-16-20/h5-16,18-19,31H,17H2,1-4H3. The summed E-state index contributed by atoms with van der Waals surface area (Å²) in [6, 6.07) is 18.8. The average molecular weight is 488 g/mol. The van der Waals surface area contributed by atoms with E-state index in [-0.39, 0.29) is 16.6 Å². The van der Waals surface area contributed by atoms with Crippen molar-refractivity contribution in [1.82, 2.24) is 4.98 Å². The summed E-state index contributed by atoms with van der Waals surface area (Å²) in [5.41, 5.74) is 3.39. The van der Waals surface area contributed by atoms with Crippen LogP contribution in [0.3, 0.4) is 0 Å². The van der Waals surface area contributed by atoms with E-state index in [1.54, 1.807) is 36.7 Å². The minimum absolute atomic E-state index is 0.0946. The molecule has 0 aliphatic carbocycles. The zero-order chi connectivity index (χ0) is 24.9. The summed E-state index contributed by atoms with van der Waals surface area (Å²) in [6.07, 6.45) is 3.48. The Labute approximate surface area is 209 Å². The van der Waals surface area contributed by atoms with Crippen molar-refractivity contribution in [3.8, 4) is 22.8 Å². The van der Waals surface area contributed by atoms with Crippen molar-refractivity contribution in [3.05, 3.63) is 100 Å². The molecule has 5 nitrogen and oxygen atoms in total. The van der Waals surface area contributed by atoms with Crippen molar-refractivity contribution in [3.63, 3.8) is 0 Å². The third-order valence-corrected chi connectivity index (χ3v) is 6.85. The lowest BCUT2D eigenvalue weighted by Gasteiger charge is -2.16. The second-order valence-electron chi connectivity index (χ2n) is 9.00. The molecule has 0 saturated carbocycles. The maximum atomic E-state index is 12.9. The highest BCUT2D eigenvalue weighted by Gasteiger charge is 2.18. The van der Waals surface area contributed by atoms with Gasteiger partial charge in [0.2, 0.25) is 0 Å². The Morgan fingerprint density at radius 3 is 2.40 bits per heavy atom. The normalized spacial score (nSPS) is 11.3. The molecule has 1 N–H and O–H groups in total. The average Bonchev–Trinajstić information content (AvgIpc) is 2.85.